The van der Waals surface area contributed by atoms with Gasteiger partial charge in [0, 0.05) is 12.3 Å². The van der Waals surface area contributed by atoms with E-state index in [1.807, 2.05) is 6.08 Å². The molecule has 0 aromatic heterocycles. The molecule has 0 aromatic carbocycles. The molecule has 2 fully saturated rings. The standard InChI is InChI=1S/C32H52O5/c1-21(11-9-16-29(3,4)36)24-15-18-32(8)26(20-33)27(37-22(2)34)19-25-23(12-10-17-31(24,32)7)13-14-28(35)30(25,5)6/h9,16,19-21,23-24,26-28,35-36H,10-15,17-18H2,1-8H3/b16-9+,25-19+/t21?,23-,24?,26+,27+,28+,31-,32+/m1/s1. The molecule has 37 heavy (non-hydrogen) atoms. The highest BCUT2D eigenvalue weighted by Crippen LogP contribution is 2.65. The predicted octanol–water partition coefficient (Wildman–Crippen LogP) is 6.42. The molecule has 0 bridgehead atoms. The molecule has 5 nitrogen and oxygen atoms in total. The fourth-order valence-electron chi connectivity index (χ4n) is 8.28. The Balaban J connectivity index is 2.06. The van der Waals surface area contributed by atoms with E-state index in [9.17, 15) is 19.8 Å². The smallest absolute Gasteiger partial charge is 0.303 e. The molecule has 0 radical (unpaired) electrons. The molecule has 5 heteroatoms. The van der Waals surface area contributed by atoms with Gasteiger partial charge in [-0.15, -0.1) is 0 Å². The van der Waals surface area contributed by atoms with Crippen LogP contribution in [0.4, 0.5) is 0 Å². The molecular weight excluding hydrogens is 464 g/mol. The van der Waals surface area contributed by atoms with Crippen LogP contribution < -0.4 is 0 Å². The van der Waals surface area contributed by atoms with Crippen LogP contribution in [0.15, 0.2) is 23.8 Å². The van der Waals surface area contributed by atoms with Crippen molar-refractivity contribution in [2.45, 2.75) is 125 Å². The summed E-state index contributed by atoms with van der Waals surface area (Å²) in [5, 5.41) is 21.0. The van der Waals surface area contributed by atoms with Crippen LogP contribution in [0.2, 0.25) is 0 Å². The second-order valence-corrected chi connectivity index (χ2v) is 14.0. The van der Waals surface area contributed by atoms with Gasteiger partial charge in [-0.2, -0.15) is 0 Å². The molecule has 0 aromatic rings. The highest BCUT2D eigenvalue weighted by molar-refractivity contribution is 5.67. The Morgan fingerprint density at radius 2 is 1.81 bits per heavy atom. The van der Waals surface area contributed by atoms with Crippen LogP contribution in [0, 0.1) is 39.9 Å². The summed E-state index contributed by atoms with van der Waals surface area (Å²) < 4.78 is 5.95. The largest absolute Gasteiger partial charge is 0.458 e. The molecule has 0 saturated heterocycles. The Morgan fingerprint density at radius 3 is 2.41 bits per heavy atom. The third-order valence-electron chi connectivity index (χ3n) is 10.8. The Labute approximate surface area is 225 Å². The number of carbonyl (C=O) groups excluding carboxylic acids is 2. The Hall–Kier alpha value is -1.46. The minimum atomic E-state index is -0.824. The van der Waals surface area contributed by atoms with Gasteiger partial charge in [-0.3, -0.25) is 4.79 Å². The normalized spacial score (nSPS) is 40.7. The summed E-state index contributed by atoms with van der Waals surface area (Å²) in [6, 6.07) is 0. The lowest BCUT2D eigenvalue weighted by Crippen LogP contribution is -2.50. The summed E-state index contributed by atoms with van der Waals surface area (Å²) in [7, 11) is 0. The Morgan fingerprint density at radius 1 is 1.14 bits per heavy atom. The Kier molecular flexibility index (Phi) is 8.91. The van der Waals surface area contributed by atoms with Gasteiger partial charge in [0.1, 0.15) is 12.4 Å². The number of rotatable bonds is 6. The third kappa shape index (κ3) is 5.93. The third-order valence-corrected chi connectivity index (χ3v) is 10.8. The topological polar surface area (TPSA) is 83.8 Å². The molecule has 0 amide bonds. The van der Waals surface area contributed by atoms with Gasteiger partial charge >= 0.3 is 5.97 Å². The van der Waals surface area contributed by atoms with Crippen molar-refractivity contribution in [1.29, 1.82) is 0 Å². The molecular formula is C32H52O5. The zero-order chi connectivity index (χ0) is 27.8. The fourth-order valence-corrected chi connectivity index (χ4v) is 8.28. The summed E-state index contributed by atoms with van der Waals surface area (Å²) in [6.45, 7) is 16.1. The van der Waals surface area contributed by atoms with Crippen molar-refractivity contribution < 1.29 is 24.5 Å². The van der Waals surface area contributed by atoms with Crippen LogP contribution in [0.3, 0.4) is 0 Å². The number of carbonyl (C=O) groups is 2. The highest BCUT2D eigenvalue weighted by Gasteiger charge is 2.60. The zero-order valence-corrected chi connectivity index (χ0v) is 24.5. The van der Waals surface area contributed by atoms with Gasteiger partial charge in [0.25, 0.3) is 0 Å². The van der Waals surface area contributed by atoms with E-state index in [-0.39, 0.29) is 16.8 Å². The van der Waals surface area contributed by atoms with Crippen molar-refractivity contribution in [2.24, 2.45) is 39.9 Å². The highest BCUT2D eigenvalue weighted by atomic mass is 16.5. The number of esters is 1. The first kappa shape index (κ1) is 30.1. The zero-order valence-electron chi connectivity index (χ0n) is 24.5. The molecule has 210 valence electrons. The fraction of sp³-hybridized carbons (Fsp3) is 0.812. The molecule has 0 spiro atoms. The molecule has 2 saturated carbocycles. The summed E-state index contributed by atoms with van der Waals surface area (Å²) in [5.41, 5.74) is -0.507. The van der Waals surface area contributed by atoms with Crippen LogP contribution >= 0.6 is 0 Å². The van der Waals surface area contributed by atoms with Crippen molar-refractivity contribution in [3.05, 3.63) is 23.8 Å². The van der Waals surface area contributed by atoms with Gasteiger partial charge in [0.05, 0.1) is 17.6 Å². The number of fused-ring (bicyclic) bond motifs is 2. The van der Waals surface area contributed by atoms with E-state index >= 15 is 0 Å². The van der Waals surface area contributed by atoms with Crippen molar-refractivity contribution >= 4 is 12.3 Å². The van der Waals surface area contributed by atoms with E-state index in [4.69, 9.17) is 4.74 Å². The lowest BCUT2D eigenvalue weighted by molar-refractivity contribution is -0.153. The summed E-state index contributed by atoms with van der Waals surface area (Å²) in [4.78, 5) is 25.3. The maximum Gasteiger partial charge on any atom is 0.303 e. The van der Waals surface area contributed by atoms with Gasteiger partial charge in [0.15, 0.2) is 0 Å². The molecule has 0 aliphatic heterocycles. The number of hydrogen-bond acceptors (Lipinski definition) is 5. The van der Waals surface area contributed by atoms with E-state index in [1.54, 1.807) is 13.8 Å². The van der Waals surface area contributed by atoms with E-state index in [0.29, 0.717) is 17.8 Å². The van der Waals surface area contributed by atoms with E-state index in [0.717, 1.165) is 63.2 Å². The molecule has 3 aliphatic rings. The molecule has 2 N–H and O–H groups in total. The van der Waals surface area contributed by atoms with Crippen LogP contribution in [-0.4, -0.2) is 40.3 Å². The van der Waals surface area contributed by atoms with Crippen LogP contribution in [0.5, 0.6) is 0 Å². The first-order chi connectivity index (χ1) is 17.1. The van der Waals surface area contributed by atoms with Gasteiger partial charge < -0.3 is 19.7 Å². The van der Waals surface area contributed by atoms with Gasteiger partial charge in [-0.1, -0.05) is 58.8 Å². The first-order valence-electron chi connectivity index (χ1n) is 14.5. The number of aliphatic hydroxyl groups excluding tert-OH is 1. The summed E-state index contributed by atoms with van der Waals surface area (Å²) >= 11 is 0. The number of hydrogen-bond donors (Lipinski definition) is 2. The van der Waals surface area contributed by atoms with Crippen molar-refractivity contribution in [3.63, 3.8) is 0 Å². The van der Waals surface area contributed by atoms with E-state index in [1.165, 1.54) is 6.92 Å². The lowest BCUT2D eigenvalue weighted by Gasteiger charge is -2.52. The minimum Gasteiger partial charge on any atom is -0.458 e. The average molecular weight is 517 g/mol. The Bertz CT molecular complexity index is 895. The molecule has 3 aliphatic carbocycles. The number of aliphatic hydroxyl groups is 2. The molecule has 0 heterocycles. The maximum absolute atomic E-state index is 12.9. The summed E-state index contributed by atoms with van der Waals surface area (Å²) in [5.74, 6) is 0.330. The van der Waals surface area contributed by atoms with E-state index in [2.05, 4.69) is 46.8 Å². The van der Waals surface area contributed by atoms with Gasteiger partial charge in [-0.05, 0) is 93.5 Å². The lowest BCUT2D eigenvalue weighted by atomic mass is 9.53. The molecule has 8 atom stereocenters. The summed E-state index contributed by atoms with van der Waals surface area (Å²) in [6.07, 6.45) is 13.7. The SMILES string of the molecule is CC(=O)O[C@H]1/C=C2\[C@H](CCC[C@]3(C)C(C(C)C/C=C/C(C)(C)O)CC[C@@]3(C)[C@H]1C=O)CC[C@H](O)C2(C)C. The van der Waals surface area contributed by atoms with Crippen molar-refractivity contribution in [1.82, 2.24) is 0 Å². The second kappa shape index (κ2) is 11.0. The van der Waals surface area contributed by atoms with Crippen LogP contribution in [0.1, 0.15) is 107 Å². The quantitative estimate of drug-likeness (QED) is 0.242. The number of allylic oxidation sites excluding steroid dienone is 1. The molecule has 3 rings (SSSR count). The average Bonchev–Trinajstić information content (AvgIpc) is 3.03. The van der Waals surface area contributed by atoms with E-state index < -0.39 is 29.1 Å². The van der Waals surface area contributed by atoms with Crippen molar-refractivity contribution in [2.75, 3.05) is 0 Å². The second-order valence-electron chi connectivity index (χ2n) is 14.0. The van der Waals surface area contributed by atoms with Crippen LogP contribution in [0.25, 0.3) is 0 Å². The van der Waals surface area contributed by atoms with Gasteiger partial charge in [-0.25, -0.2) is 0 Å². The molecule has 2 unspecified atom stereocenters. The minimum absolute atomic E-state index is 0.0893. The monoisotopic (exact) mass is 516 g/mol. The maximum atomic E-state index is 12.9. The predicted molar refractivity (Wildman–Crippen MR) is 148 cm³/mol. The number of ether oxygens (including phenoxy) is 1. The van der Waals surface area contributed by atoms with Crippen LogP contribution in [-0.2, 0) is 14.3 Å². The first-order valence-corrected chi connectivity index (χ1v) is 14.5. The number of aldehydes is 1. The van der Waals surface area contributed by atoms with Crippen molar-refractivity contribution in [3.8, 4) is 0 Å². The van der Waals surface area contributed by atoms with Gasteiger partial charge in [0.2, 0.25) is 0 Å².